The van der Waals surface area contributed by atoms with E-state index in [1.165, 1.54) is 7.11 Å². The van der Waals surface area contributed by atoms with Crippen molar-refractivity contribution < 1.29 is 14.3 Å². The molecule has 1 heterocycles. The SMILES string of the molecule is CCC1CN(CCCC(=O)OC)CCC1=O. The summed E-state index contributed by atoms with van der Waals surface area (Å²) in [5.74, 6) is 0.443. The van der Waals surface area contributed by atoms with Gasteiger partial charge in [-0.05, 0) is 19.4 Å². The molecule has 0 radical (unpaired) electrons. The van der Waals surface area contributed by atoms with Crippen LogP contribution < -0.4 is 0 Å². The fraction of sp³-hybridized carbons (Fsp3) is 0.833. The van der Waals surface area contributed by atoms with Gasteiger partial charge >= 0.3 is 5.97 Å². The Morgan fingerprint density at radius 2 is 2.31 bits per heavy atom. The molecule has 0 N–H and O–H groups in total. The number of hydrogen-bond acceptors (Lipinski definition) is 4. The number of likely N-dealkylation sites (tertiary alicyclic amines) is 1. The van der Waals surface area contributed by atoms with Crippen LogP contribution in [0.15, 0.2) is 0 Å². The lowest BCUT2D eigenvalue weighted by atomic mass is 9.94. The zero-order chi connectivity index (χ0) is 12.0. The van der Waals surface area contributed by atoms with Crippen LogP contribution in [0.3, 0.4) is 0 Å². The Hall–Kier alpha value is -0.900. The number of ketones is 1. The number of methoxy groups -OCH3 is 1. The number of carbonyl (C=O) groups excluding carboxylic acids is 2. The van der Waals surface area contributed by atoms with Gasteiger partial charge in [0, 0.05) is 31.8 Å². The van der Waals surface area contributed by atoms with Crippen molar-refractivity contribution in [2.24, 2.45) is 5.92 Å². The van der Waals surface area contributed by atoms with Crippen LogP contribution in [0.4, 0.5) is 0 Å². The first kappa shape index (κ1) is 13.2. The van der Waals surface area contributed by atoms with E-state index in [0.29, 0.717) is 18.6 Å². The van der Waals surface area contributed by atoms with E-state index in [9.17, 15) is 9.59 Å². The van der Waals surface area contributed by atoms with Gasteiger partial charge in [0.05, 0.1) is 7.11 Å². The van der Waals surface area contributed by atoms with Crippen LogP contribution in [-0.4, -0.2) is 43.4 Å². The summed E-state index contributed by atoms with van der Waals surface area (Å²) in [5, 5.41) is 0. The number of nitrogens with zero attached hydrogens (tertiary/aromatic N) is 1. The van der Waals surface area contributed by atoms with Gasteiger partial charge in [-0.2, -0.15) is 0 Å². The highest BCUT2D eigenvalue weighted by Crippen LogP contribution is 2.16. The molecular weight excluding hydrogens is 206 g/mol. The molecule has 0 aromatic rings. The van der Waals surface area contributed by atoms with E-state index < -0.39 is 0 Å². The summed E-state index contributed by atoms with van der Waals surface area (Å²) in [6.07, 6.45) is 2.87. The summed E-state index contributed by atoms with van der Waals surface area (Å²) in [7, 11) is 1.41. The molecule has 92 valence electrons. The molecule has 0 saturated carbocycles. The lowest BCUT2D eigenvalue weighted by Crippen LogP contribution is -2.41. The van der Waals surface area contributed by atoms with Gasteiger partial charge in [-0.1, -0.05) is 6.92 Å². The molecule has 1 atom stereocenters. The monoisotopic (exact) mass is 227 g/mol. The smallest absolute Gasteiger partial charge is 0.305 e. The largest absolute Gasteiger partial charge is 0.469 e. The number of esters is 1. The van der Waals surface area contributed by atoms with Crippen molar-refractivity contribution in [3.05, 3.63) is 0 Å². The number of hydrogen-bond donors (Lipinski definition) is 0. The average molecular weight is 227 g/mol. The molecule has 1 aliphatic heterocycles. The molecule has 0 spiro atoms. The summed E-state index contributed by atoms with van der Waals surface area (Å²) in [4.78, 5) is 24.7. The van der Waals surface area contributed by atoms with Crippen LogP contribution in [0.25, 0.3) is 0 Å². The second kappa shape index (κ2) is 6.63. The van der Waals surface area contributed by atoms with Gasteiger partial charge in [0.15, 0.2) is 0 Å². The normalized spacial score (nSPS) is 22.1. The van der Waals surface area contributed by atoms with E-state index in [4.69, 9.17) is 0 Å². The zero-order valence-electron chi connectivity index (χ0n) is 10.2. The highest BCUT2D eigenvalue weighted by Gasteiger charge is 2.25. The van der Waals surface area contributed by atoms with Crippen molar-refractivity contribution >= 4 is 11.8 Å². The highest BCUT2D eigenvalue weighted by atomic mass is 16.5. The van der Waals surface area contributed by atoms with Gasteiger partial charge in [0.25, 0.3) is 0 Å². The molecule has 1 fully saturated rings. The van der Waals surface area contributed by atoms with E-state index in [2.05, 4.69) is 16.6 Å². The topological polar surface area (TPSA) is 46.6 Å². The molecule has 1 saturated heterocycles. The molecule has 1 rings (SSSR count). The Bertz CT molecular complexity index is 253. The van der Waals surface area contributed by atoms with Gasteiger partial charge in [-0.15, -0.1) is 0 Å². The first-order chi connectivity index (χ1) is 7.67. The molecule has 16 heavy (non-hydrogen) atoms. The van der Waals surface area contributed by atoms with Gasteiger partial charge < -0.3 is 9.64 Å². The minimum Gasteiger partial charge on any atom is -0.469 e. The Balaban J connectivity index is 2.23. The van der Waals surface area contributed by atoms with E-state index in [1.807, 2.05) is 0 Å². The second-order valence-corrected chi connectivity index (χ2v) is 4.30. The van der Waals surface area contributed by atoms with E-state index in [-0.39, 0.29) is 11.9 Å². The van der Waals surface area contributed by atoms with E-state index in [1.54, 1.807) is 0 Å². The van der Waals surface area contributed by atoms with Crippen LogP contribution in [-0.2, 0) is 14.3 Å². The lowest BCUT2D eigenvalue weighted by molar-refractivity contribution is -0.141. The quantitative estimate of drug-likeness (QED) is 0.663. The predicted octanol–water partition coefficient (Wildman–Crippen LogP) is 1.24. The molecule has 0 amide bonds. The number of Topliss-reactive ketones (excluding diaryl/α,β-unsaturated/α-hetero) is 1. The van der Waals surface area contributed by atoms with Gasteiger partial charge in [-0.25, -0.2) is 0 Å². The molecule has 0 aromatic carbocycles. The van der Waals surface area contributed by atoms with Crippen LogP contribution in [0.2, 0.25) is 0 Å². The second-order valence-electron chi connectivity index (χ2n) is 4.30. The molecule has 0 aromatic heterocycles. The van der Waals surface area contributed by atoms with Crippen molar-refractivity contribution in [2.75, 3.05) is 26.7 Å². The fourth-order valence-corrected chi connectivity index (χ4v) is 2.09. The molecule has 1 aliphatic rings. The van der Waals surface area contributed by atoms with E-state index in [0.717, 1.165) is 32.5 Å². The Kier molecular flexibility index (Phi) is 5.46. The summed E-state index contributed by atoms with van der Waals surface area (Å²) in [5.41, 5.74) is 0. The molecule has 0 aliphatic carbocycles. The fourth-order valence-electron chi connectivity index (χ4n) is 2.09. The third-order valence-electron chi connectivity index (χ3n) is 3.18. The standard InChI is InChI=1S/C12H21NO3/c1-3-10-9-13(8-6-11(10)14)7-4-5-12(15)16-2/h10H,3-9H2,1-2H3. The molecule has 1 unspecified atom stereocenters. The van der Waals surface area contributed by atoms with Crippen LogP contribution in [0.1, 0.15) is 32.6 Å². The average Bonchev–Trinajstić information content (AvgIpc) is 2.31. The molecule has 4 heteroatoms. The van der Waals surface area contributed by atoms with Crippen molar-refractivity contribution in [3.63, 3.8) is 0 Å². The van der Waals surface area contributed by atoms with E-state index >= 15 is 0 Å². The summed E-state index contributed by atoms with van der Waals surface area (Å²) < 4.78 is 4.59. The number of ether oxygens (including phenoxy) is 1. The number of piperidine rings is 1. The van der Waals surface area contributed by atoms with Crippen molar-refractivity contribution in [1.82, 2.24) is 4.90 Å². The third-order valence-corrected chi connectivity index (χ3v) is 3.18. The first-order valence-electron chi connectivity index (χ1n) is 5.99. The summed E-state index contributed by atoms with van der Waals surface area (Å²) >= 11 is 0. The minimum atomic E-state index is -0.153. The molecular formula is C12H21NO3. The van der Waals surface area contributed by atoms with Crippen molar-refractivity contribution in [2.45, 2.75) is 32.6 Å². The molecule has 0 bridgehead atoms. The lowest BCUT2D eigenvalue weighted by Gasteiger charge is -2.31. The van der Waals surface area contributed by atoms with Crippen LogP contribution in [0.5, 0.6) is 0 Å². The van der Waals surface area contributed by atoms with Crippen LogP contribution in [0, 0.1) is 5.92 Å². The van der Waals surface area contributed by atoms with Crippen molar-refractivity contribution in [3.8, 4) is 0 Å². The maximum absolute atomic E-state index is 11.5. The maximum Gasteiger partial charge on any atom is 0.305 e. The Morgan fingerprint density at radius 3 is 2.94 bits per heavy atom. The Labute approximate surface area is 96.9 Å². The first-order valence-corrected chi connectivity index (χ1v) is 5.99. The third kappa shape index (κ3) is 3.93. The summed E-state index contributed by atoms with van der Waals surface area (Å²) in [6.45, 7) is 4.65. The summed E-state index contributed by atoms with van der Waals surface area (Å²) in [6, 6.07) is 0. The van der Waals surface area contributed by atoms with Crippen LogP contribution >= 0.6 is 0 Å². The highest BCUT2D eigenvalue weighted by molar-refractivity contribution is 5.82. The van der Waals surface area contributed by atoms with Gasteiger partial charge in [0.1, 0.15) is 5.78 Å². The number of carbonyl (C=O) groups is 2. The Morgan fingerprint density at radius 1 is 1.56 bits per heavy atom. The van der Waals surface area contributed by atoms with Gasteiger partial charge in [0.2, 0.25) is 0 Å². The minimum absolute atomic E-state index is 0.153. The zero-order valence-corrected chi connectivity index (χ0v) is 10.2. The van der Waals surface area contributed by atoms with Gasteiger partial charge in [-0.3, -0.25) is 9.59 Å². The maximum atomic E-state index is 11.5. The molecule has 4 nitrogen and oxygen atoms in total. The number of rotatable bonds is 5. The predicted molar refractivity (Wildman–Crippen MR) is 61.1 cm³/mol. The van der Waals surface area contributed by atoms with Crippen molar-refractivity contribution in [1.29, 1.82) is 0 Å².